The van der Waals surface area contributed by atoms with Crippen molar-refractivity contribution in [2.75, 3.05) is 12.3 Å². The summed E-state index contributed by atoms with van der Waals surface area (Å²) in [6.07, 6.45) is 10.7. The third kappa shape index (κ3) is 7.15. The molecular formula is C36H58N3O2P. The summed E-state index contributed by atoms with van der Waals surface area (Å²) in [5, 5.41) is 20.9. The first-order valence-electron chi connectivity index (χ1n) is 16.7. The zero-order chi connectivity index (χ0) is 31.0. The van der Waals surface area contributed by atoms with Crippen LogP contribution in [0, 0.1) is 23.2 Å². The largest absolute Gasteiger partial charge is 0.508 e. The van der Waals surface area contributed by atoms with Crippen LogP contribution in [0.3, 0.4) is 0 Å². The lowest BCUT2D eigenvalue weighted by atomic mass is 9.74. The quantitative estimate of drug-likeness (QED) is 0.149. The number of hydrogen-bond donors (Lipinski definition) is 1. The van der Waals surface area contributed by atoms with Gasteiger partial charge in [-0.3, -0.25) is 0 Å². The smallest absolute Gasteiger partial charge is 0.168 e. The zero-order valence-electron chi connectivity index (χ0n) is 27.8. The molecule has 234 valence electrons. The molecule has 1 aromatic heterocycles. The van der Waals surface area contributed by atoms with E-state index in [4.69, 9.17) is 10.2 Å². The van der Waals surface area contributed by atoms with E-state index in [1.54, 1.807) is 6.07 Å². The van der Waals surface area contributed by atoms with E-state index in [0.717, 1.165) is 68.8 Å². The van der Waals surface area contributed by atoms with Crippen LogP contribution in [0.4, 0.5) is 0 Å². The first-order valence-corrected chi connectivity index (χ1v) is 18.8. The van der Waals surface area contributed by atoms with Gasteiger partial charge in [-0.1, -0.05) is 137 Å². The SMILES string of the molecule is CCCCC(CC)CP(=O)(CC(CC)CCCC)C(c1ccccc1O)(n1nc2ccccc2n1)C(C)(C)CC(C)C. The molecule has 6 heteroatoms. The monoisotopic (exact) mass is 595 g/mol. The van der Waals surface area contributed by atoms with Crippen LogP contribution in [-0.2, 0) is 9.85 Å². The number of nitrogens with zero attached hydrogens (tertiary/aromatic N) is 3. The second-order valence-corrected chi connectivity index (χ2v) is 16.9. The molecule has 0 amide bonds. The van der Waals surface area contributed by atoms with Crippen LogP contribution >= 0.6 is 7.14 Å². The van der Waals surface area contributed by atoms with Crippen LogP contribution in [0.1, 0.15) is 119 Å². The summed E-state index contributed by atoms with van der Waals surface area (Å²) in [5.74, 6) is 1.21. The average molecular weight is 596 g/mol. The molecule has 0 aliphatic heterocycles. The number of fused-ring (bicyclic) bond motifs is 1. The Morgan fingerprint density at radius 3 is 1.71 bits per heavy atom. The van der Waals surface area contributed by atoms with E-state index >= 15 is 4.57 Å². The van der Waals surface area contributed by atoms with E-state index in [0.29, 0.717) is 35.6 Å². The van der Waals surface area contributed by atoms with Gasteiger partial charge in [0.2, 0.25) is 0 Å². The maximum absolute atomic E-state index is 16.7. The van der Waals surface area contributed by atoms with Gasteiger partial charge in [-0.05, 0) is 42.4 Å². The van der Waals surface area contributed by atoms with Crippen molar-refractivity contribution in [2.24, 2.45) is 23.2 Å². The average Bonchev–Trinajstić information content (AvgIpc) is 3.37. The van der Waals surface area contributed by atoms with Crippen LogP contribution in [0.15, 0.2) is 48.5 Å². The summed E-state index contributed by atoms with van der Waals surface area (Å²) in [6.45, 7) is 18.0. The van der Waals surface area contributed by atoms with Crippen molar-refractivity contribution in [3.8, 4) is 5.75 Å². The standard InChI is InChI=1S/C36H58N3O2P/c1-9-13-19-29(11-3)26-42(41,27-30(12-4)20-14-10-2)36(35(7,8)25-28(5)6,31-21-15-18-24-34(31)40)39-37-32-22-16-17-23-33(32)38-39/h15-18,21-24,28-30,40H,9-14,19-20,25-27H2,1-8H3. The van der Waals surface area contributed by atoms with Crippen LogP contribution < -0.4 is 0 Å². The fraction of sp³-hybridized carbons (Fsp3) is 0.667. The van der Waals surface area contributed by atoms with Crippen LogP contribution in [0.5, 0.6) is 5.75 Å². The van der Waals surface area contributed by atoms with E-state index < -0.39 is 17.8 Å². The maximum atomic E-state index is 16.7. The summed E-state index contributed by atoms with van der Waals surface area (Å²) in [7, 11) is -3.21. The normalized spacial score (nSPS) is 16.8. The molecule has 3 rings (SSSR count). The molecule has 0 fully saturated rings. The van der Waals surface area contributed by atoms with Crippen LogP contribution in [0.2, 0.25) is 0 Å². The minimum Gasteiger partial charge on any atom is -0.508 e. The van der Waals surface area contributed by atoms with Crippen molar-refractivity contribution in [1.82, 2.24) is 15.0 Å². The second-order valence-electron chi connectivity index (χ2n) is 13.7. The van der Waals surface area contributed by atoms with Crippen molar-refractivity contribution in [3.63, 3.8) is 0 Å². The minimum absolute atomic E-state index is 0.180. The van der Waals surface area contributed by atoms with Gasteiger partial charge in [0.25, 0.3) is 0 Å². The first-order chi connectivity index (χ1) is 20.0. The van der Waals surface area contributed by atoms with Crippen LogP contribution in [0.25, 0.3) is 11.0 Å². The van der Waals surface area contributed by atoms with Gasteiger partial charge in [0.15, 0.2) is 5.28 Å². The summed E-state index contributed by atoms with van der Waals surface area (Å²) >= 11 is 0. The van der Waals surface area contributed by atoms with Crippen molar-refractivity contribution in [2.45, 2.75) is 118 Å². The van der Waals surface area contributed by atoms with E-state index in [9.17, 15) is 5.11 Å². The highest BCUT2D eigenvalue weighted by molar-refractivity contribution is 7.65. The van der Waals surface area contributed by atoms with E-state index in [1.807, 2.05) is 47.3 Å². The number of phenolic OH excluding ortho intramolecular Hbond substituents is 1. The molecule has 0 saturated heterocycles. The number of phenols is 1. The fourth-order valence-electron chi connectivity index (χ4n) is 7.62. The number of para-hydroxylation sites is 1. The molecule has 0 aliphatic rings. The molecular weight excluding hydrogens is 537 g/mol. The van der Waals surface area contributed by atoms with E-state index in [-0.39, 0.29) is 5.75 Å². The Balaban J connectivity index is 2.50. The zero-order valence-corrected chi connectivity index (χ0v) is 28.7. The third-order valence-corrected chi connectivity index (χ3v) is 13.9. The molecule has 5 nitrogen and oxygen atoms in total. The van der Waals surface area contributed by atoms with Gasteiger partial charge in [0, 0.05) is 23.3 Å². The van der Waals surface area contributed by atoms with Gasteiger partial charge in [0.1, 0.15) is 23.9 Å². The van der Waals surface area contributed by atoms with Gasteiger partial charge >= 0.3 is 0 Å². The summed E-state index contributed by atoms with van der Waals surface area (Å²) in [4.78, 5) is 1.83. The van der Waals surface area contributed by atoms with Gasteiger partial charge in [-0.15, -0.1) is 0 Å². The predicted molar refractivity (Wildman–Crippen MR) is 180 cm³/mol. The van der Waals surface area contributed by atoms with Gasteiger partial charge < -0.3 is 9.67 Å². The van der Waals surface area contributed by atoms with Crippen molar-refractivity contribution < 1.29 is 9.67 Å². The number of aromatic nitrogens is 3. The molecule has 2 aromatic carbocycles. The van der Waals surface area contributed by atoms with E-state index in [2.05, 4.69) is 55.4 Å². The van der Waals surface area contributed by atoms with Crippen LogP contribution in [-0.4, -0.2) is 32.4 Å². The summed E-state index contributed by atoms with van der Waals surface area (Å²) in [6, 6.07) is 15.5. The minimum atomic E-state index is -3.21. The number of rotatable bonds is 18. The van der Waals surface area contributed by atoms with Crippen molar-refractivity contribution in [3.05, 3.63) is 54.1 Å². The topological polar surface area (TPSA) is 68.0 Å². The Morgan fingerprint density at radius 1 is 0.810 bits per heavy atom. The second kappa shape index (κ2) is 15.0. The molecule has 0 radical (unpaired) electrons. The molecule has 0 spiro atoms. The molecule has 1 heterocycles. The number of hydrogen-bond acceptors (Lipinski definition) is 4. The predicted octanol–water partition coefficient (Wildman–Crippen LogP) is 10.7. The highest BCUT2D eigenvalue weighted by Crippen LogP contribution is 2.73. The lowest BCUT2D eigenvalue weighted by Gasteiger charge is -2.52. The Morgan fingerprint density at radius 2 is 1.29 bits per heavy atom. The first kappa shape index (κ1) is 34.4. The van der Waals surface area contributed by atoms with Gasteiger partial charge in [0.05, 0.1) is 0 Å². The Labute approximate surface area is 256 Å². The Hall–Kier alpha value is -2.13. The number of unbranched alkanes of at least 4 members (excludes halogenated alkanes) is 2. The van der Waals surface area contributed by atoms with Crippen molar-refractivity contribution >= 4 is 18.2 Å². The molecule has 0 bridgehead atoms. The van der Waals surface area contributed by atoms with Crippen molar-refractivity contribution in [1.29, 1.82) is 0 Å². The molecule has 3 unspecified atom stereocenters. The Bertz CT molecular complexity index is 1240. The maximum Gasteiger partial charge on any atom is 0.168 e. The number of benzene rings is 2. The summed E-state index contributed by atoms with van der Waals surface area (Å²) in [5.41, 5.74) is 1.76. The summed E-state index contributed by atoms with van der Waals surface area (Å²) < 4.78 is 16.7. The van der Waals surface area contributed by atoms with E-state index in [1.165, 1.54) is 0 Å². The van der Waals surface area contributed by atoms with Gasteiger partial charge in [-0.25, -0.2) is 0 Å². The molecule has 3 atom stereocenters. The molecule has 42 heavy (non-hydrogen) atoms. The molecule has 1 N–H and O–H groups in total. The molecule has 0 aliphatic carbocycles. The lowest BCUT2D eigenvalue weighted by Crippen LogP contribution is -2.51. The number of aromatic hydroxyl groups is 1. The highest BCUT2D eigenvalue weighted by atomic mass is 31.2. The lowest BCUT2D eigenvalue weighted by molar-refractivity contribution is 0.133. The molecule has 3 aromatic rings. The highest BCUT2D eigenvalue weighted by Gasteiger charge is 2.62. The fourth-order valence-corrected chi connectivity index (χ4v) is 13.1. The van der Waals surface area contributed by atoms with Gasteiger partial charge in [-0.2, -0.15) is 15.0 Å². The molecule has 0 saturated carbocycles. The Kier molecular flexibility index (Phi) is 12.3. The third-order valence-electron chi connectivity index (χ3n) is 9.50.